The molecule has 1 saturated heterocycles. The van der Waals surface area contributed by atoms with Gasteiger partial charge >= 0.3 is 0 Å². The van der Waals surface area contributed by atoms with Crippen molar-refractivity contribution in [2.45, 2.75) is 6.04 Å². The van der Waals surface area contributed by atoms with E-state index < -0.39 is 17.7 Å². The summed E-state index contributed by atoms with van der Waals surface area (Å²) >= 11 is 7.51. The number of para-hydroxylation sites is 2. The molecule has 2 aromatic carbocycles. The van der Waals surface area contributed by atoms with E-state index in [0.717, 1.165) is 0 Å². The SMILES string of the molecule is COc1ccc(/C(O)=C2/C(=O)C(=O)N(c3ccccc3O)C2c2cccs2)cc1Cl. The summed E-state index contributed by atoms with van der Waals surface area (Å²) in [5.74, 6) is -1.77. The van der Waals surface area contributed by atoms with Gasteiger partial charge in [0.15, 0.2) is 0 Å². The molecule has 1 aromatic heterocycles. The molecule has 3 aromatic rings. The number of hydrogen-bond donors (Lipinski definition) is 2. The first-order valence-electron chi connectivity index (χ1n) is 8.90. The van der Waals surface area contributed by atoms with Gasteiger partial charge in [0.25, 0.3) is 11.7 Å². The zero-order valence-corrected chi connectivity index (χ0v) is 17.3. The summed E-state index contributed by atoms with van der Waals surface area (Å²) in [5.41, 5.74) is 0.384. The molecule has 152 valence electrons. The molecule has 1 aliphatic rings. The molecule has 30 heavy (non-hydrogen) atoms. The molecule has 8 heteroatoms. The number of phenols is 1. The minimum Gasteiger partial charge on any atom is -0.507 e. The summed E-state index contributed by atoms with van der Waals surface area (Å²) in [6.07, 6.45) is 0. The number of thiophene rings is 1. The smallest absolute Gasteiger partial charge is 0.300 e. The van der Waals surface area contributed by atoms with E-state index in [4.69, 9.17) is 16.3 Å². The Balaban J connectivity index is 1.93. The van der Waals surface area contributed by atoms with Crippen LogP contribution in [0.2, 0.25) is 5.02 Å². The van der Waals surface area contributed by atoms with Crippen LogP contribution >= 0.6 is 22.9 Å². The van der Waals surface area contributed by atoms with Gasteiger partial charge in [-0.3, -0.25) is 14.5 Å². The van der Waals surface area contributed by atoms with Gasteiger partial charge < -0.3 is 14.9 Å². The van der Waals surface area contributed by atoms with E-state index in [0.29, 0.717) is 10.6 Å². The minimum absolute atomic E-state index is 0.0769. The number of phenolic OH excluding ortho intramolecular Hbond substituents is 1. The number of carbonyl (C=O) groups is 2. The van der Waals surface area contributed by atoms with Crippen molar-refractivity contribution in [3.05, 3.63) is 81.0 Å². The lowest BCUT2D eigenvalue weighted by Crippen LogP contribution is -2.29. The van der Waals surface area contributed by atoms with Crippen LogP contribution in [0.5, 0.6) is 11.5 Å². The average molecular weight is 442 g/mol. The third kappa shape index (κ3) is 3.22. The molecule has 1 atom stereocenters. The molecule has 0 spiro atoms. The first-order valence-corrected chi connectivity index (χ1v) is 10.2. The summed E-state index contributed by atoms with van der Waals surface area (Å²) in [4.78, 5) is 27.8. The van der Waals surface area contributed by atoms with E-state index >= 15 is 0 Å². The van der Waals surface area contributed by atoms with Crippen molar-refractivity contribution in [3.8, 4) is 11.5 Å². The maximum Gasteiger partial charge on any atom is 0.300 e. The number of Topliss-reactive ketones (excluding diaryl/α,β-unsaturated/α-hetero) is 1. The number of amides is 1. The molecule has 2 heterocycles. The highest BCUT2D eigenvalue weighted by atomic mass is 35.5. The van der Waals surface area contributed by atoms with Crippen molar-refractivity contribution in [1.82, 2.24) is 0 Å². The number of benzene rings is 2. The van der Waals surface area contributed by atoms with Crippen LogP contribution in [-0.4, -0.2) is 29.0 Å². The Morgan fingerprint density at radius 1 is 1.13 bits per heavy atom. The largest absolute Gasteiger partial charge is 0.507 e. The van der Waals surface area contributed by atoms with Crippen LogP contribution in [0, 0.1) is 0 Å². The summed E-state index contributed by atoms with van der Waals surface area (Å²) in [5, 5.41) is 23.4. The van der Waals surface area contributed by atoms with Crippen LogP contribution < -0.4 is 9.64 Å². The molecule has 2 N–H and O–H groups in total. The second-order valence-corrected chi connectivity index (χ2v) is 7.91. The minimum atomic E-state index is -0.890. The lowest BCUT2D eigenvalue weighted by atomic mass is 9.99. The third-order valence-electron chi connectivity index (χ3n) is 4.82. The van der Waals surface area contributed by atoms with Crippen molar-refractivity contribution in [3.63, 3.8) is 0 Å². The van der Waals surface area contributed by atoms with Gasteiger partial charge in [0.2, 0.25) is 0 Å². The van der Waals surface area contributed by atoms with E-state index in [1.165, 1.54) is 35.5 Å². The summed E-state index contributed by atoms with van der Waals surface area (Å²) in [7, 11) is 1.47. The van der Waals surface area contributed by atoms with Crippen molar-refractivity contribution in [1.29, 1.82) is 0 Å². The molecule has 1 amide bonds. The predicted molar refractivity (Wildman–Crippen MR) is 115 cm³/mol. The number of aliphatic hydroxyl groups excluding tert-OH is 1. The molecule has 0 radical (unpaired) electrons. The number of aromatic hydroxyl groups is 1. The highest BCUT2D eigenvalue weighted by Gasteiger charge is 2.48. The Hall–Kier alpha value is -3.29. The molecular weight excluding hydrogens is 426 g/mol. The first-order chi connectivity index (χ1) is 14.4. The Labute approximate surface area is 181 Å². The zero-order chi connectivity index (χ0) is 21.4. The third-order valence-corrected chi connectivity index (χ3v) is 6.04. The lowest BCUT2D eigenvalue weighted by Gasteiger charge is -2.24. The van der Waals surface area contributed by atoms with Crippen LogP contribution in [-0.2, 0) is 9.59 Å². The van der Waals surface area contributed by atoms with E-state index in [1.807, 2.05) is 5.38 Å². The van der Waals surface area contributed by atoms with Gasteiger partial charge in [-0.2, -0.15) is 0 Å². The van der Waals surface area contributed by atoms with Gasteiger partial charge in [0.1, 0.15) is 23.3 Å². The number of aliphatic hydroxyl groups is 1. The number of rotatable bonds is 4. The standard InChI is InChI=1S/C22H16ClNO5S/c1-29-16-9-8-12(11-13(16)23)20(26)18-19(17-7-4-10-30-17)24(22(28)21(18)27)14-5-2-3-6-15(14)25/h2-11,19,25-26H,1H3/b20-18-. The quantitative estimate of drug-likeness (QED) is 0.347. The number of halogens is 1. The Kier molecular flexibility index (Phi) is 5.24. The van der Waals surface area contributed by atoms with Crippen molar-refractivity contribution >= 4 is 46.1 Å². The highest BCUT2D eigenvalue weighted by Crippen LogP contribution is 2.46. The summed E-state index contributed by atoms with van der Waals surface area (Å²) in [6.45, 7) is 0. The maximum atomic E-state index is 13.0. The van der Waals surface area contributed by atoms with E-state index in [-0.39, 0.29) is 33.4 Å². The molecule has 4 rings (SSSR count). The molecule has 0 saturated carbocycles. The van der Waals surface area contributed by atoms with Crippen molar-refractivity contribution < 1.29 is 24.5 Å². The monoisotopic (exact) mass is 441 g/mol. The number of ketones is 1. The van der Waals surface area contributed by atoms with Crippen molar-refractivity contribution in [2.24, 2.45) is 0 Å². The van der Waals surface area contributed by atoms with Crippen molar-refractivity contribution in [2.75, 3.05) is 12.0 Å². The number of carbonyl (C=O) groups excluding carboxylic acids is 2. The van der Waals surface area contributed by atoms with Crippen LogP contribution in [0.15, 0.2) is 65.6 Å². The lowest BCUT2D eigenvalue weighted by molar-refractivity contribution is -0.132. The number of nitrogens with zero attached hydrogens (tertiary/aromatic N) is 1. The highest BCUT2D eigenvalue weighted by molar-refractivity contribution is 7.10. The Morgan fingerprint density at radius 3 is 2.53 bits per heavy atom. The molecule has 1 unspecified atom stereocenters. The second kappa shape index (κ2) is 7.85. The Morgan fingerprint density at radius 2 is 1.90 bits per heavy atom. The number of hydrogen-bond acceptors (Lipinski definition) is 6. The van der Waals surface area contributed by atoms with Gasteiger partial charge in [0.05, 0.1) is 23.4 Å². The van der Waals surface area contributed by atoms with Crippen LogP contribution in [0.3, 0.4) is 0 Å². The number of methoxy groups -OCH3 is 1. The average Bonchev–Trinajstić information content (AvgIpc) is 3.35. The fourth-order valence-electron chi connectivity index (χ4n) is 3.43. The van der Waals surface area contributed by atoms with Gasteiger partial charge in [0, 0.05) is 10.4 Å². The van der Waals surface area contributed by atoms with E-state index in [9.17, 15) is 19.8 Å². The molecule has 0 aliphatic carbocycles. The van der Waals surface area contributed by atoms with Gasteiger partial charge in [-0.15, -0.1) is 11.3 Å². The fourth-order valence-corrected chi connectivity index (χ4v) is 4.52. The molecule has 1 fully saturated rings. The topological polar surface area (TPSA) is 87.1 Å². The molecular formula is C22H16ClNO5S. The molecule has 0 bridgehead atoms. The molecule has 6 nitrogen and oxygen atoms in total. The second-order valence-electron chi connectivity index (χ2n) is 6.52. The summed E-state index contributed by atoms with van der Waals surface area (Å²) < 4.78 is 5.13. The maximum absolute atomic E-state index is 13.0. The van der Waals surface area contributed by atoms with Gasteiger partial charge in [-0.25, -0.2) is 0 Å². The summed E-state index contributed by atoms with van der Waals surface area (Å²) in [6, 6.07) is 13.5. The Bertz CT molecular complexity index is 1170. The number of anilines is 1. The fraction of sp³-hybridized carbons (Fsp3) is 0.0909. The van der Waals surface area contributed by atoms with Gasteiger partial charge in [-0.05, 0) is 41.8 Å². The van der Waals surface area contributed by atoms with Crippen LogP contribution in [0.4, 0.5) is 5.69 Å². The molecule has 1 aliphatic heterocycles. The first kappa shape index (κ1) is 20.0. The van der Waals surface area contributed by atoms with E-state index in [2.05, 4.69) is 0 Å². The zero-order valence-electron chi connectivity index (χ0n) is 15.7. The predicted octanol–water partition coefficient (Wildman–Crippen LogP) is 4.74. The van der Waals surface area contributed by atoms with Gasteiger partial charge in [-0.1, -0.05) is 29.8 Å². The normalized spacial score (nSPS) is 18.1. The van der Waals surface area contributed by atoms with Crippen LogP contribution in [0.25, 0.3) is 5.76 Å². The number of ether oxygens (including phenoxy) is 1. The van der Waals surface area contributed by atoms with Crippen LogP contribution in [0.1, 0.15) is 16.5 Å². The van der Waals surface area contributed by atoms with E-state index in [1.54, 1.807) is 42.5 Å².